The second-order valence-corrected chi connectivity index (χ2v) is 10.9. The lowest BCUT2D eigenvalue weighted by atomic mass is 9.72. The molecule has 2 aliphatic rings. The van der Waals surface area contributed by atoms with Gasteiger partial charge in [-0.25, -0.2) is 0 Å². The van der Waals surface area contributed by atoms with Gasteiger partial charge in [0.25, 0.3) is 5.91 Å². The highest BCUT2D eigenvalue weighted by Gasteiger charge is 2.42. The van der Waals surface area contributed by atoms with E-state index in [4.69, 9.17) is 5.73 Å². The van der Waals surface area contributed by atoms with Crippen molar-refractivity contribution in [2.24, 2.45) is 11.7 Å². The molecule has 2 aromatic rings. The van der Waals surface area contributed by atoms with Gasteiger partial charge in [-0.05, 0) is 57.0 Å². The Bertz CT molecular complexity index is 1450. The molecule has 0 spiro atoms. The number of likely N-dealkylation sites (N-methyl/N-ethyl adjacent to an activating group) is 1. The van der Waals surface area contributed by atoms with E-state index in [0.29, 0.717) is 22.4 Å². The van der Waals surface area contributed by atoms with Gasteiger partial charge < -0.3 is 31.1 Å². The van der Waals surface area contributed by atoms with Crippen LogP contribution in [0.5, 0.6) is 5.75 Å². The number of ketones is 2. The molecule has 212 valence electrons. The largest absolute Gasteiger partial charge is 0.511 e. The van der Waals surface area contributed by atoms with E-state index in [1.54, 1.807) is 20.2 Å². The first-order chi connectivity index (χ1) is 18.7. The third-order valence-electron chi connectivity index (χ3n) is 7.71. The molecule has 0 saturated carbocycles. The lowest BCUT2D eigenvalue weighted by molar-refractivity contribution is -0.121. The fourth-order valence-electron chi connectivity index (χ4n) is 5.82. The molecule has 0 heterocycles. The molecule has 2 aliphatic carbocycles. The summed E-state index contributed by atoms with van der Waals surface area (Å²) in [5.74, 6) is -5.17. The van der Waals surface area contributed by atoms with Crippen molar-refractivity contribution in [2.75, 3.05) is 33.1 Å². The number of nitrogens with zero attached hydrogens (tertiary/aromatic N) is 2. The molecule has 0 fully saturated rings. The molecule has 40 heavy (non-hydrogen) atoms. The number of carbonyl (C=O) groups excluding carboxylic acids is 3. The Morgan fingerprint density at radius 2 is 1.65 bits per heavy atom. The predicted octanol–water partition coefficient (Wildman–Crippen LogP) is 2.55. The predicted molar refractivity (Wildman–Crippen MR) is 150 cm³/mol. The van der Waals surface area contributed by atoms with Gasteiger partial charge in [0.2, 0.25) is 0 Å². The Kier molecular flexibility index (Phi) is 7.78. The summed E-state index contributed by atoms with van der Waals surface area (Å²) in [6.07, 6.45) is -2.04. The van der Waals surface area contributed by atoms with Crippen LogP contribution in [0.1, 0.15) is 34.3 Å². The third kappa shape index (κ3) is 4.96. The number of hydrogen-bond acceptors (Lipinski definition) is 9. The number of aromatic hydroxyl groups is 1. The topological polar surface area (TPSA) is 165 Å². The number of primary amides is 1. The average Bonchev–Trinajstić information content (AvgIpc) is 2.83. The number of aryl methyl sites for hydroxylation is 1. The molecule has 3 atom stereocenters. The number of phenolic OH excluding ortho intramolecular Hbond substituents is 1. The Labute approximate surface area is 232 Å². The Morgan fingerprint density at radius 3 is 2.20 bits per heavy atom. The van der Waals surface area contributed by atoms with Gasteiger partial charge in [-0.15, -0.1) is 0 Å². The number of nitrogens with two attached hydrogens (primary N) is 1. The highest BCUT2D eigenvalue weighted by atomic mass is 16.3. The number of aliphatic hydroxyl groups excluding tert-OH is 3. The molecular weight excluding hydrogens is 514 g/mol. The summed E-state index contributed by atoms with van der Waals surface area (Å²) in [6.45, 7) is 1.94. The molecule has 2 aromatic carbocycles. The zero-order valence-corrected chi connectivity index (χ0v) is 23.2. The Hall–Kier alpha value is -4.15. The summed E-state index contributed by atoms with van der Waals surface area (Å²) in [6, 6.07) is 8.10. The standard InChI is InChI=1S/C30H35N3O7/c1-14-6-8-15(9-7-14)17-12-19(32(2)3)18-10-16-11-22(36)26(33(4)5)29(39)25(30(31)40)21(35)13-20(34)23(16)28(38)24(18)27(17)37/h6-9,12,16,22,26,34,36-37,39H,10-11,13H2,1-5H3,(H2,31,40)/b23-20-,29-25-/t16-,22-,26-/m0/s1. The summed E-state index contributed by atoms with van der Waals surface area (Å²) in [7, 11) is 6.75. The van der Waals surface area contributed by atoms with E-state index in [1.807, 2.05) is 50.2 Å². The number of anilines is 1. The quantitative estimate of drug-likeness (QED) is 0.361. The monoisotopic (exact) mass is 549 g/mol. The van der Waals surface area contributed by atoms with Crippen molar-refractivity contribution in [2.45, 2.75) is 38.3 Å². The van der Waals surface area contributed by atoms with Gasteiger partial charge in [0.05, 0.1) is 24.1 Å². The highest BCUT2D eigenvalue weighted by Crippen LogP contribution is 2.47. The van der Waals surface area contributed by atoms with Crippen molar-refractivity contribution >= 4 is 23.2 Å². The number of Topliss-reactive ketones (excluding diaryl/α,β-unsaturated/α-hetero) is 2. The molecular formula is C30H35N3O7. The molecule has 4 rings (SSSR count). The maximum atomic E-state index is 14.1. The minimum atomic E-state index is -1.35. The van der Waals surface area contributed by atoms with Crippen LogP contribution in [0.4, 0.5) is 5.69 Å². The molecule has 0 bridgehead atoms. The molecule has 0 aliphatic heterocycles. The lowest BCUT2D eigenvalue weighted by Gasteiger charge is -2.36. The van der Waals surface area contributed by atoms with Crippen LogP contribution in [0, 0.1) is 12.8 Å². The van der Waals surface area contributed by atoms with Crippen LogP contribution in [0.25, 0.3) is 11.1 Å². The molecule has 10 heteroatoms. The van der Waals surface area contributed by atoms with E-state index in [0.717, 1.165) is 5.56 Å². The molecule has 10 nitrogen and oxygen atoms in total. The van der Waals surface area contributed by atoms with Gasteiger partial charge in [0.15, 0.2) is 11.6 Å². The number of benzene rings is 2. The fraction of sp³-hybridized carbons (Fsp3) is 0.367. The van der Waals surface area contributed by atoms with Crippen molar-refractivity contribution in [3.05, 3.63) is 69.7 Å². The summed E-state index contributed by atoms with van der Waals surface area (Å²) in [5, 5.41) is 44.7. The number of allylic oxidation sites excluding steroid dienone is 2. The van der Waals surface area contributed by atoms with Crippen LogP contribution in [0.2, 0.25) is 0 Å². The van der Waals surface area contributed by atoms with E-state index in [1.165, 1.54) is 4.90 Å². The molecule has 1 amide bonds. The number of hydrogen-bond donors (Lipinski definition) is 5. The van der Waals surface area contributed by atoms with Gasteiger partial charge in [-0.2, -0.15) is 0 Å². The van der Waals surface area contributed by atoms with Gasteiger partial charge in [-0.1, -0.05) is 29.8 Å². The minimum Gasteiger partial charge on any atom is -0.511 e. The Morgan fingerprint density at radius 1 is 1.02 bits per heavy atom. The van der Waals surface area contributed by atoms with E-state index < -0.39 is 59.0 Å². The summed E-state index contributed by atoms with van der Waals surface area (Å²) < 4.78 is 0. The van der Waals surface area contributed by atoms with Crippen molar-refractivity contribution in [3.8, 4) is 16.9 Å². The van der Waals surface area contributed by atoms with Crippen molar-refractivity contribution < 1.29 is 34.8 Å². The van der Waals surface area contributed by atoms with Crippen molar-refractivity contribution in [1.82, 2.24) is 4.90 Å². The fourth-order valence-corrected chi connectivity index (χ4v) is 5.82. The van der Waals surface area contributed by atoms with Crippen LogP contribution >= 0.6 is 0 Å². The summed E-state index contributed by atoms with van der Waals surface area (Å²) in [5.41, 5.74) is 7.92. The number of rotatable bonds is 4. The van der Waals surface area contributed by atoms with E-state index >= 15 is 0 Å². The first kappa shape index (κ1) is 28.8. The van der Waals surface area contributed by atoms with Gasteiger partial charge in [0.1, 0.15) is 22.8 Å². The number of carbonyl (C=O) groups is 3. The zero-order chi connectivity index (χ0) is 29.6. The number of aliphatic hydroxyl groups is 3. The summed E-state index contributed by atoms with van der Waals surface area (Å²) in [4.78, 5) is 42.6. The smallest absolute Gasteiger partial charge is 0.255 e. The summed E-state index contributed by atoms with van der Waals surface area (Å²) >= 11 is 0. The normalized spacial score (nSPS) is 25.4. The first-order valence-corrected chi connectivity index (χ1v) is 12.9. The second kappa shape index (κ2) is 10.8. The van der Waals surface area contributed by atoms with Crippen LogP contribution in [0.3, 0.4) is 0 Å². The van der Waals surface area contributed by atoms with Crippen molar-refractivity contribution in [1.29, 1.82) is 0 Å². The number of amides is 1. The van der Waals surface area contributed by atoms with Crippen LogP contribution in [-0.2, 0) is 16.0 Å². The van der Waals surface area contributed by atoms with E-state index in [2.05, 4.69) is 0 Å². The average molecular weight is 550 g/mol. The lowest BCUT2D eigenvalue weighted by Crippen LogP contribution is -2.45. The van der Waals surface area contributed by atoms with E-state index in [9.17, 15) is 34.8 Å². The maximum Gasteiger partial charge on any atom is 0.255 e. The van der Waals surface area contributed by atoms with Crippen LogP contribution in [0.15, 0.2) is 53.0 Å². The number of phenols is 1. The number of fused-ring (bicyclic) bond motifs is 2. The van der Waals surface area contributed by atoms with Crippen LogP contribution in [-0.4, -0.2) is 83.1 Å². The zero-order valence-electron chi connectivity index (χ0n) is 23.2. The molecule has 0 radical (unpaired) electrons. The van der Waals surface area contributed by atoms with Gasteiger partial charge in [-0.3, -0.25) is 19.3 Å². The minimum absolute atomic E-state index is 0.0104. The first-order valence-electron chi connectivity index (χ1n) is 12.9. The van der Waals surface area contributed by atoms with Crippen molar-refractivity contribution in [3.63, 3.8) is 0 Å². The van der Waals surface area contributed by atoms with Gasteiger partial charge >= 0.3 is 0 Å². The maximum absolute atomic E-state index is 14.1. The second-order valence-electron chi connectivity index (χ2n) is 10.9. The Balaban J connectivity index is 1.96. The van der Waals surface area contributed by atoms with E-state index in [-0.39, 0.29) is 29.7 Å². The molecule has 6 N–H and O–H groups in total. The highest BCUT2D eigenvalue weighted by molar-refractivity contribution is 6.20. The SMILES string of the molecule is Cc1ccc(-c2cc(N(C)C)c3c(c2O)C(=O)/C2=C(\O)CC(=O)/C(C(N)=O)=C(/O)[C@@H](N(C)C)[C@@H](O)C[C@@H]2C3)cc1. The molecule has 0 aromatic heterocycles. The van der Waals surface area contributed by atoms with Crippen LogP contribution < -0.4 is 10.6 Å². The van der Waals surface area contributed by atoms with Gasteiger partial charge in [0, 0.05) is 30.9 Å². The third-order valence-corrected chi connectivity index (χ3v) is 7.71. The molecule has 0 unspecified atom stereocenters. The molecule has 0 saturated heterocycles.